The highest BCUT2D eigenvalue weighted by Gasteiger charge is 2.37. The highest BCUT2D eigenvalue weighted by molar-refractivity contribution is 6.32. The highest BCUT2D eigenvalue weighted by atomic mass is 16.5. The number of rotatable bonds is 10. The van der Waals surface area contributed by atoms with Crippen LogP contribution in [0.5, 0.6) is 0 Å². The smallest absolute Gasteiger partial charge is 0.372 e. The number of ketones is 1. The fourth-order valence-corrected chi connectivity index (χ4v) is 1.79. The fraction of sp³-hybridized carbons (Fsp3) is 0.692. The molecule has 0 heterocycles. The van der Waals surface area contributed by atoms with Gasteiger partial charge >= 0.3 is 11.9 Å². The summed E-state index contributed by atoms with van der Waals surface area (Å²) in [7, 11) is 0. The van der Waals surface area contributed by atoms with Crippen LogP contribution >= 0.6 is 0 Å². The van der Waals surface area contributed by atoms with E-state index in [1.165, 1.54) is 0 Å². The molecule has 0 spiro atoms. The number of amides is 1. The lowest BCUT2D eigenvalue weighted by molar-refractivity contribution is -0.153. The van der Waals surface area contributed by atoms with Gasteiger partial charge in [0, 0.05) is 20.3 Å². The third-order valence-electron chi connectivity index (χ3n) is 2.99. The van der Waals surface area contributed by atoms with Crippen molar-refractivity contribution in [2.24, 2.45) is 0 Å². The molecule has 0 rings (SSSR count). The molecule has 0 saturated heterocycles. The maximum absolute atomic E-state index is 11.1. The number of ether oxygens (including phenoxy) is 1. The lowest BCUT2D eigenvalue weighted by atomic mass is 9.94. The molecular formula is C13H24N2O10. The summed E-state index contributed by atoms with van der Waals surface area (Å²) in [5.74, 6) is -4.69. The van der Waals surface area contributed by atoms with Crippen molar-refractivity contribution in [3.8, 4) is 0 Å². The number of Topliss-reactive ketones (excluding diaryl/α,β-unsaturated/α-hetero) is 1. The summed E-state index contributed by atoms with van der Waals surface area (Å²) in [6.45, 7) is 1.41. The van der Waals surface area contributed by atoms with Crippen LogP contribution in [0.4, 0.5) is 0 Å². The summed E-state index contributed by atoms with van der Waals surface area (Å²) in [6.07, 6.45) is -8.47. The number of hydrogen-bond donors (Lipinski definition) is 7. The van der Waals surface area contributed by atoms with Crippen LogP contribution in [0, 0.1) is 0 Å². The fourth-order valence-electron chi connectivity index (χ4n) is 1.79. The van der Waals surface area contributed by atoms with E-state index in [1.54, 1.807) is 0 Å². The van der Waals surface area contributed by atoms with E-state index < -0.39 is 67.1 Å². The summed E-state index contributed by atoms with van der Waals surface area (Å²) in [4.78, 5) is 43.4. The molecule has 0 bridgehead atoms. The second kappa shape index (κ2) is 11.4. The van der Waals surface area contributed by atoms with Gasteiger partial charge in [-0.1, -0.05) is 0 Å². The van der Waals surface area contributed by atoms with Gasteiger partial charge in [-0.2, -0.15) is 0 Å². The summed E-state index contributed by atoms with van der Waals surface area (Å²) < 4.78 is 4.45. The lowest BCUT2D eigenvalue weighted by Gasteiger charge is -2.32. The standard InChI is InChI=1S/C13H21NO10.H3N/c1-5(15)14-10(7(17)3-8(18)13(22)23)12(21)11(20)9(19)4-24-6(2)16;/h7,9-12,17,19-21H,3-4H2,1-2H3,(H,14,15)(H,22,23);1H3/t7-,9+,10+,11+,12+;/m0./s1. The van der Waals surface area contributed by atoms with Crippen molar-refractivity contribution in [2.45, 2.75) is 50.7 Å². The minimum atomic E-state index is -1.98. The van der Waals surface area contributed by atoms with Gasteiger partial charge < -0.3 is 41.7 Å². The molecule has 0 saturated carbocycles. The molecule has 0 aliphatic carbocycles. The Kier molecular flexibility index (Phi) is 11.5. The van der Waals surface area contributed by atoms with Crippen LogP contribution < -0.4 is 11.5 Å². The molecule has 0 aromatic carbocycles. The summed E-state index contributed by atoms with van der Waals surface area (Å²) >= 11 is 0. The Morgan fingerprint density at radius 3 is 1.88 bits per heavy atom. The molecule has 0 unspecified atom stereocenters. The largest absolute Gasteiger partial charge is 0.475 e. The van der Waals surface area contributed by atoms with E-state index in [4.69, 9.17) is 5.11 Å². The second-order valence-corrected chi connectivity index (χ2v) is 5.08. The average molecular weight is 368 g/mol. The number of carbonyl (C=O) groups excluding carboxylic acids is 3. The van der Waals surface area contributed by atoms with Crippen molar-refractivity contribution in [3.05, 3.63) is 0 Å². The summed E-state index contributed by atoms with van der Waals surface area (Å²) in [5.41, 5.74) is 0. The van der Waals surface area contributed by atoms with E-state index >= 15 is 0 Å². The van der Waals surface area contributed by atoms with Gasteiger partial charge in [0.25, 0.3) is 0 Å². The first kappa shape index (κ1) is 25.1. The first-order valence-electron chi connectivity index (χ1n) is 6.86. The van der Waals surface area contributed by atoms with Crippen molar-refractivity contribution in [1.82, 2.24) is 11.5 Å². The van der Waals surface area contributed by atoms with E-state index in [-0.39, 0.29) is 6.15 Å². The number of aliphatic hydroxyl groups is 4. The molecule has 0 fully saturated rings. The van der Waals surface area contributed by atoms with Gasteiger partial charge in [-0.15, -0.1) is 0 Å². The monoisotopic (exact) mass is 368 g/mol. The van der Waals surface area contributed by atoms with Crippen LogP contribution in [-0.4, -0.2) is 86.2 Å². The minimum absolute atomic E-state index is 0. The Hall–Kier alpha value is -2.12. The number of carboxylic acid groups (broad SMARTS) is 1. The molecule has 9 N–H and O–H groups in total. The number of nitrogens with one attached hydrogen (secondary N) is 1. The van der Waals surface area contributed by atoms with Crippen molar-refractivity contribution >= 4 is 23.6 Å². The van der Waals surface area contributed by atoms with Gasteiger partial charge in [0.05, 0.1) is 12.1 Å². The van der Waals surface area contributed by atoms with Crippen LogP contribution in [0.25, 0.3) is 0 Å². The van der Waals surface area contributed by atoms with E-state index in [1.807, 2.05) is 0 Å². The normalized spacial score (nSPS) is 16.4. The van der Waals surface area contributed by atoms with E-state index in [0.29, 0.717) is 0 Å². The third kappa shape index (κ3) is 9.07. The van der Waals surface area contributed by atoms with Gasteiger partial charge in [-0.3, -0.25) is 14.4 Å². The quantitative estimate of drug-likeness (QED) is 0.149. The molecule has 146 valence electrons. The molecule has 0 radical (unpaired) electrons. The average Bonchev–Trinajstić information content (AvgIpc) is 2.48. The van der Waals surface area contributed by atoms with Crippen molar-refractivity contribution in [3.63, 3.8) is 0 Å². The number of esters is 1. The van der Waals surface area contributed by atoms with Gasteiger partial charge in [0.1, 0.15) is 24.9 Å². The molecule has 0 aliphatic rings. The highest BCUT2D eigenvalue weighted by Crippen LogP contribution is 2.12. The van der Waals surface area contributed by atoms with E-state index in [9.17, 15) is 39.6 Å². The van der Waals surface area contributed by atoms with Crippen LogP contribution in [0.2, 0.25) is 0 Å². The zero-order valence-electron chi connectivity index (χ0n) is 13.8. The SMILES string of the molecule is CC(=O)N[C@@H]([C@@H](O)[C@H](O)[C@H](O)COC(C)=O)[C@@H](O)CC(=O)C(=O)O.N. The van der Waals surface area contributed by atoms with Crippen LogP contribution in [0.3, 0.4) is 0 Å². The van der Waals surface area contributed by atoms with Gasteiger partial charge in [-0.05, 0) is 0 Å². The Morgan fingerprint density at radius 2 is 1.48 bits per heavy atom. The molecule has 5 atom stereocenters. The number of hydrogen-bond acceptors (Lipinski definition) is 10. The van der Waals surface area contributed by atoms with Crippen LogP contribution in [0.1, 0.15) is 20.3 Å². The predicted molar refractivity (Wildman–Crippen MR) is 80.5 cm³/mol. The number of carboxylic acids is 1. The zero-order chi connectivity index (χ0) is 19.0. The first-order chi connectivity index (χ1) is 11.0. The minimum Gasteiger partial charge on any atom is -0.475 e. The molecule has 0 aromatic heterocycles. The molecule has 12 nitrogen and oxygen atoms in total. The van der Waals surface area contributed by atoms with E-state index in [2.05, 4.69) is 10.1 Å². The Balaban J connectivity index is 0. The van der Waals surface area contributed by atoms with Crippen LogP contribution in [0.15, 0.2) is 0 Å². The topological polar surface area (TPSA) is 226 Å². The van der Waals surface area contributed by atoms with Crippen molar-refractivity contribution in [1.29, 1.82) is 0 Å². The Morgan fingerprint density at radius 1 is 0.960 bits per heavy atom. The second-order valence-electron chi connectivity index (χ2n) is 5.08. The molecule has 0 aliphatic heterocycles. The maximum Gasteiger partial charge on any atom is 0.372 e. The summed E-state index contributed by atoms with van der Waals surface area (Å²) in [6, 6.07) is -1.65. The Bertz CT molecular complexity index is 483. The van der Waals surface area contributed by atoms with Gasteiger partial charge in [0.2, 0.25) is 11.7 Å². The molecule has 12 heteroatoms. The summed E-state index contributed by atoms with van der Waals surface area (Å²) in [5, 5.41) is 49.9. The van der Waals surface area contributed by atoms with Gasteiger partial charge in [-0.25, -0.2) is 4.79 Å². The number of aliphatic carboxylic acids is 1. The number of aliphatic hydroxyl groups excluding tert-OH is 4. The molecular weight excluding hydrogens is 344 g/mol. The first-order valence-corrected chi connectivity index (χ1v) is 6.86. The lowest BCUT2D eigenvalue weighted by Crippen LogP contribution is -2.57. The Labute approximate surface area is 143 Å². The van der Waals surface area contributed by atoms with Crippen molar-refractivity contribution in [2.75, 3.05) is 6.61 Å². The predicted octanol–water partition coefficient (Wildman–Crippen LogP) is -3.30. The molecule has 25 heavy (non-hydrogen) atoms. The zero-order valence-corrected chi connectivity index (χ0v) is 13.8. The van der Waals surface area contributed by atoms with Gasteiger partial charge in [0.15, 0.2) is 0 Å². The number of carbonyl (C=O) groups is 4. The van der Waals surface area contributed by atoms with Crippen molar-refractivity contribution < 1.29 is 49.4 Å². The van der Waals surface area contributed by atoms with Crippen LogP contribution in [-0.2, 0) is 23.9 Å². The molecule has 1 amide bonds. The molecule has 0 aromatic rings. The van der Waals surface area contributed by atoms with E-state index in [0.717, 1.165) is 13.8 Å². The third-order valence-corrected chi connectivity index (χ3v) is 2.99. The maximum atomic E-state index is 11.1.